The Bertz CT molecular complexity index is 1010. The quantitative estimate of drug-likeness (QED) is 0.315. The van der Waals surface area contributed by atoms with E-state index in [1.165, 1.54) is 48.4 Å². The number of aromatic nitrogens is 1. The zero-order valence-electron chi connectivity index (χ0n) is 14.5. The Morgan fingerprint density at radius 1 is 1.32 bits per heavy atom. The summed E-state index contributed by atoms with van der Waals surface area (Å²) < 4.78 is 5.87. The van der Waals surface area contributed by atoms with Crippen LogP contribution in [0.4, 0.5) is 11.4 Å². The predicted molar refractivity (Wildman–Crippen MR) is 112 cm³/mol. The van der Waals surface area contributed by atoms with Crippen molar-refractivity contribution >= 4 is 52.0 Å². The highest BCUT2D eigenvalue weighted by Crippen LogP contribution is 2.31. The van der Waals surface area contributed by atoms with Gasteiger partial charge < -0.3 is 10.1 Å². The smallest absolute Gasteiger partial charge is 0.273 e. The largest absolute Gasteiger partial charge is 0.494 e. The summed E-state index contributed by atoms with van der Waals surface area (Å²) in [5, 5.41) is 16.1. The number of nitro benzene ring substituents is 1. The molecule has 0 fully saturated rings. The highest BCUT2D eigenvalue weighted by molar-refractivity contribution is 8.01. The van der Waals surface area contributed by atoms with Gasteiger partial charge in [0.05, 0.1) is 35.2 Å². The number of nitrogens with zero attached hydrogens (tertiary/aromatic N) is 2. The molecule has 7 nitrogen and oxygen atoms in total. The lowest BCUT2D eigenvalue weighted by Crippen LogP contribution is -2.14. The molecular weight excluding hydrogens is 422 g/mol. The van der Waals surface area contributed by atoms with Gasteiger partial charge in [-0.15, -0.1) is 11.3 Å². The number of thiazole rings is 1. The number of carbonyl (C=O) groups excluding carboxylic acids is 1. The molecule has 0 spiro atoms. The second kappa shape index (κ2) is 9.05. The van der Waals surface area contributed by atoms with Crippen molar-refractivity contribution in [1.29, 1.82) is 0 Å². The van der Waals surface area contributed by atoms with E-state index in [0.29, 0.717) is 10.7 Å². The highest BCUT2D eigenvalue weighted by atomic mass is 35.5. The maximum atomic E-state index is 12.2. The third-order valence-corrected chi connectivity index (χ3v) is 5.89. The van der Waals surface area contributed by atoms with Crippen LogP contribution in [0.25, 0.3) is 11.3 Å². The summed E-state index contributed by atoms with van der Waals surface area (Å²) in [4.78, 5) is 27.0. The Kier molecular flexibility index (Phi) is 6.50. The third kappa shape index (κ3) is 5.00. The fourth-order valence-corrected chi connectivity index (χ4v) is 4.05. The molecule has 0 atom stereocenters. The number of methoxy groups -OCH3 is 1. The van der Waals surface area contributed by atoms with Crippen LogP contribution in [0.3, 0.4) is 0 Å². The van der Waals surface area contributed by atoms with Gasteiger partial charge in [0.1, 0.15) is 5.75 Å². The molecule has 0 unspecified atom stereocenters. The predicted octanol–water partition coefficient (Wildman–Crippen LogP) is 5.11. The van der Waals surface area contributed by atoms with Gasteiger partial charge in [0.2, 0.25) is 5.91 Å². The molecule has 0 saturated carbocycles. The second-order valence-corrected chi connectivity index (χ2v) is 8.00. The molecule has 144 valence electrons. The van der Waals surface area contributed by atoms with Crippen molar-refractivity contribution in [2.45, 2.75) is 4.34 Å². The van der Waals surface area contributed by atoms with Gasteiger partial charge in [0.25, 0.3) is 5.69 Å². The molecule has 1 heterocycles. The Morgan fingerprint density at radius 2 is 2.07 bits per heavy atom. The van der Waals surface area contributed by atoms with Crippen molar-refractivity contribution in [3.8, 4) is 17.0 Å². The first kappa shape index (κ1) is 20.1. The zero-order valence-corrected chi connectivity index (χ0v) is 16.9. The lowest BCUT2D eigenvalue weighted by Gasteiger charge is -2.09. The topological polar surface area (TPSA) is 94.4 Å². The Hall–Kier alpha value is -2.62. The molecule has 2 aromatic carbocycles. The van der Waals surface area contributed by atoms with Crippen molar-refractivity contribution in [2.24, 2.45) is 0 Å². The molecule has 1 aromatic heterocycles. The monoisotopic (exact) mass is 435 g/mol. The van der Waals surface area contributed by atoms with Crippen LogP contribution in [-0.4, -0.2) is 28.7 Å². The van der Waals surface area contributed by atoms with Crippen LogP contribution in [0.5, 0.6) is 5.75 Å². The summed E-state index contributed by atoms with van der Waals surface area (Å²) >= 11 is 8.65. The molecule has 3 rings (SSSR count). The van der Waals surface area contributed by atoms with E-state index in [1.54, 1.807) is 12.1 Å². The lowest BCUT2D eigenvalue weighted by molar-refractivity contribution is -0.384. The molecule has 1 amide bonds. The summed E-state index contributed by atoms with van der Waals surface area (Å²) in [6.07, 6.45) is 0. The van der Waals surface area contributed by atoms with Gasteiger partial charge in [-0.1, -0.05) is 35.5 Å². The molecule has 28 heavy (non-hydrogen) atoms. The summed E-state index contributed by atoms with van der Waals surface area (Å²) in [6, 6.07) is 11.4. The van der Waals surface area contributed by atoms with Crippen LogP contribution in [0.2, 0.25) is 5.02 Å². The van der Waals surface area contributed by atoms with E-state index >= 15 is 0 Å². The molecule has 1 N–H and O–H groups in total. The number of nitrogens with one attached hydrogen (secondary N) is 1. The summed E-state index contributed by atoms with van der Waals surface area (Å²) in [5.41, 5.74) is 2.04. The van der Waals surface area contributed by atoms with Crippen LogP contribution in [-0.2, 0) is 4.79 Å². The van der Waals surface area contributed by atoms with E-state index in [9.17, 15) is 14.9 Å². The molecule has 0 aliphatic carbocycles. The van der Waals surface area contributed by atoms with Gasteiger partial charge in [-0.3, -0.25) is 14.9 Å². The highest BCUT2D eigenvalue weighted by Gasteiger charge is 2.14. The molecule has 0 aliphatic rings. The number of hydrogen-bond acceptors (Lipinski definition) is 7. The summed E-state index contributed by atoms with van der Waals surface area (Å²) in [5.74, 6) is 0.112. The van der Waals surface area contributed by atoms with E-state index in [1.807, 2.05) is 17.5 Å². The number of hydrogen-bond donors (Lipinski definition) is 1. The van der Waals surface area contributed by atoms with Crippen LogP contribution in [0, 0.1) is 10.1 Å². The number of nitro groups is 1. The normalized spacial score (nSPS) is 10.5. The minimum Gasteiger partial charge on any atom is -0.494 e. The van der Waals surface area contributed by atoms with Gasteiger partial charge in [0, 0.05) is 22.0 Å². The fourth-order valence-electron chi connectivity index (χ4n) is 2.29. The number of non-ortho nitro benzene ring substituents is 1. The third-order valence-electron chi connectivity index (χ3n) is 3.62. The standard InChI is InChI=1S/C18H14ClN3O4S2/c1-26-16-8-13(22(24)25)6-7-14(16)20-17(23)10-28-18-21-15(9-27-18)11-2-4-12(19)5-3-11/h2-9H,10H2,1H3,(H,20,23). The first-order chi connectivity index (χ1) is 13.5. The van der Waals surface area contributed by atoms with Crippen molar-refractivity contribution in [2.75, 3.05) is 18.2 Å². The minimum atomic E-state index is -0.523. The summed E-state index contributed by atoms with van der Waals surface area (Å²) in [6.45, 7) is 0. The number of amides is 1. The Balaban J connectivity index is 1.60. The average molecular weight is 436 g/mol. The van der Waals surface area contributed by atoms with Gasteiger partial charge >= 0.3 is 0 Å². The SMILES string of the molecule is COc1cc([N+](=O)[O-])ccc1NC(=O)CSc1nc(-c2ccc(Cl)cc2)cs1. The lowest BCUT2D eigenvalue weighted by atomic mass is 10.2. The molecular formula is C18H14ClN3O4S2. The van der Waals surface area contributed by atoms with Crippen LogP contribution in [0.1, 0.15) is 0 Å². The Labute approximate surface area is 173 Å². The van der Waals surface area contributed by atoms with Crippen LogP contribution in [0.15, 0.2) is 52.2 Å². The molecule has 10 heteroatoms. The number of rotatable bonds is 7. The molecule has 0 aliphatic heterocycles. The number of halogens is 1. The second-order valence-electron chi connectivity index (χ2n) is 5.48. The number of carbonyl (C=O) groups is 1. The molecule has 3 aromatic rings. The maximum absolute atomic E-state index is 12.2. The van der Waals surface area contributed by atoms with Gasteiger partial charge in [-0.25, -0.2) is 4.98 Å². The van der Waals surface area contributed by atoms with Crippen LogP contribution < -0.4 is 10.1 Å². The minimum absolute atomic E-state index is 0.110. The van der Waals surface area contributed by atoms with Crippen molar-refractivity contribution in [3.05, 3.63) is 63.0 Å². The van der Waals surface area contributed by atoms with Crippen molar-refractivity contribution in [1.82, 2.24) is 4.98 Å². The van der Waals surface area contributed by atoms with E-state index in [-0.39, 0.29) is 23.1 Å². The van der Waals surface area contributed by atoms with Crippen LogP contribution >= 0.6 is 34.7 Å². The molecule has 0 bridgehead atoms. The number of thioether (sulfide) groups is 1. The Morgan fingerprint density at radius 3 is 2.75 bits per heavy atom. The van der Waals surface area contributed by atoms with Crippen molar-refractivity contribution in [3.63, 3.8) is 0 Å². The van der Waals surface area contributed by atoms with E-state index in [0.717, 1.165) is 15.6 Å². The number of anilines is 1. The first-order valence-corrected chi connectivity index (χ1v) is 10.2. The average Bonchev–Trinajstić information content (AvgIpc) is 3.16. The zero-order chi connectivity index (χ0) is 20.1. The molecule has 0 saturated heterocycles. The number of ether oxygens (including phenoxy) is 1. The van der Waals surface area contributed by atoms with E-state index in [4.69, 9.17) is 16.3 Å². The van der Waals surface area contributed by atoms with Gasteiger partial charge in [0.15, 0.2) is 4.34 Å². The summed E-state index contributed by atoms with van der Waals surface area (Å²) in [7, 11) is 1.39. The maximum Gasteiger partial charge on any atom is 0.273 e. The number of benzene rings is 2. The fraction of sp³-hybridized carbons (Fsp3) is 0.111. The van der Waals surface area contributed by atoms with E-state index in [2.05, 4.69) is 10.3 Å². The van der Waals surface area contributed by atoms with Crippen molar-refractivity contribution < 1.29 is 14.5 Å². The van der Waals surface area contributed by atoms with Gasteiger partial charge in [-0.2, -0.15) is 0 Å². The first-order valence-electron chi connectivity index (χ1n) is 7.93. The molecule has 0 radical (unpaired) electrons. The van der Waals surface area contributed by atoms with Gasteiger partial charge in [-0.05, 0) is 18.2 Å². The van der Waals surface area contributed by atoms with E-state index < -0.39 is 4.92 Å².